The molecule has 0 saturated carbocycles. The summed E-state index contributed by atoms with van der Waals surface area (Å²) in [5, 5.41) is 9.96. The van der Waals surface area contributed by atoms with Gasteiger partial charge in [-0.2, -0.15) is 5.26 Å². The Balaban J connectivity index is 1.65. The maximum Gasteiger partial charge on any atom is 0.261 e. The Labute approximate surface area is 199 Å². The van der Waals surface area contributed by atoms with E-state index >= 15 is 0 Å². The molecule has 3 aromatic rings. The van der Waals surface area contributed by atoms with E-state index in [1.54, 1.807) is 25.4 Å². The van der Waals surface area contributed by atoms with Crippen LogP contribution in [0.3, 0.4) is 0 Å². The zero-order valence-electron chi connectivity index (χ0n) is 19.6. The molecule has 2 heterocycles. The molecule has 0 fully saturated rings. The van der Waals surface area contributed by atoms with Crippen LogP contribution in [0.15, 0.2) is 53.5 Å². The van der Waals surface area contributed by atoms with E-state index in [9.17, 15) is 14.9 Å². The van der Waals surface area contributed by atoms with Crippen LogP contribution >= 0.6 is 0 Å². The molecular formula is C28H28N2O4. The number of pyridine rings is 1. The van der Waals surface area contributed by atoms with Crippen molar-refractivity contribution >= 4 is 5.78 Å². The molecule has 1 aliphatic rings. The number of benzene rings is 2. The van der Waals surface area contributed by atoms with E-state index in [0.29, 0.717) is 41.4 Å². The third-order valence-corrected chi connectivity index (χ3v) is 6.08. The second kappa shape index (κ2) is 10.4. The van der Waals surface area contributed by atoms with Gasteiger partial charge in [0.2, 0.25) is 0 Å². The largest absolute Gasteiger partial charge is 0.486 e. The first-order valence-corrected chi connectivity index (χ1v) is 11.7. The molecule has 1 aromatic heterocycles. The smallest absolute Gasteiger partial charge is 0.261 e. The summed E-state index contributed by atoms with van der Waals surface area (Å²) in [5.41, 5.74) is 3.37. The molecule has 4 rings (SSSR count). The summed E-state index contributed by atoms with van der Waals surface area (Å²) in [6, 6.07) is 15.0. The Morgan fingerprint density at radius 1 is 1.09 bits per heavy atom. The van der Waals surface area contributed by atoms with Gasteiger partial charge in [0.25, 0.3) is 5.56 Å². The van der Waals surface area contributed by atoms with Gasteiger partial charge in [0.15, 0.2) is 17.3 Å². The second-order valence-corrected chi connectivity index (χ2v) is 8.55. The van der Waals surface area contributed by atoms with Crippen molar-refractivity contribution in [3.05, 3.63) is 81.3 Å². The van der Waals surface area contributed by atoms with Gasteiger partial charge in [0.05, 0.1) is 11.1 Å². The number of aromatic nitrogens is 1. The van der Waals surface area contributed by atoms with Crippen LogP contribution in [0.4, 0.5) is 0 Å². The maximum atomic E-state index is 13.2. The van der Waals surface area contributed by atoms with Crippen LogP contribution in [0, 0.1) is 11.3 Å². The van der Waals surface area contributed by atoms with Crippen molar-refractivity contribution in [2.75, 3.05) is 13.2 Å². The van der Waals surface area contributed by atoms with Crippen molar-refractivity contribution in [3.8, 4) is 28.7 Å². The lowest BCUT2D eigenvalue weighted by atomic mass is 9.92. The fraction of sp³-hybridized carbons (Fsp3) is 0.321. The number of ether oxygens (including phenoxy) is 2. The van der Waals surface area contributed by atoms with E-state index in [1.807, 2.05) is 30.3 Å². The summed E-state index contributed by atoms with van der Waals surface area (Å²) in [7, 11) is 1.67. The van der Waals surface area contributed by atoms with Gasteiger partial charge in [-0.3, -0.25) is 9.59 Å². The van der Waals surface area contributed by atoms with Gasteiger partial charge >= 0.3 is 0 Å². The number of fused-ring (bicyclic) bond motifs is 1. The monoisotopic (exact) mass is 456 g/mol. The number of hydrogen-bond donors (Lipinski definition) is 0. The number of unbranched alkanes of at least 4 members (excludes halogenated alkanes) is 2. The summed E-state index contributed by atoms with van der Waals surface area (Å²) in [6.45, 7) is 3.12. The molecule has 0 aliphatic carbocycles. The van der Waals surface area contributed by atoms with Gasteiger partial charge < -0.3 is 14.0 Å². The third-order valence-electron chi connectivity index (χ3n) is 6.08. The summed E-state index contributed by atoms with van der Waals surface area (Å²) in [4.78, 5) is 25.9. The Bertz CT molecular complexity index is 1320. The molecule has 2 aromatic carbocycles. The van der Waals surface area contributed by atoms with Crippen molar-refractivity contribution in [1.29, 1.82) is 5.26 Å². The van der Waals surface area contributed by atoms with Crippen molar-refractivity contribution in [3.63, 3.8) is 0 Å². The fourth-order valence-electron chi connectivity index (χ4n) is 4.30. The van der Waals surface area contributed by atoms with Crippen molar-refractivity contribution < 1.29 is 14.3 Å². The first kappa shape index (κ1) is 23.3. The van der Waals surface area contributed by atoms with E-state index < -0.39 is 0 Å². The van der Waals surface area contributed by atoms with Crippen LogP contribution in [-0.2, 0) is 19.9 Å². The number of nitriles is 1. The lowest BCUT2D eigenvalue weighted by molar-refractivity contribution is 0.0991. The number of carbonyl (C=O) groups is 1. The molecule has 0 amide bonds. The van der Waals surface area contributed by atoms with E-state index in [2.05, 4.69) is 13.0 Å². The summed E-state index contributed by atoms with van der Waals surface area (Å²) in [5.74, 6) is 1.03. The lowest BCUT2D eigenvalue weighted by Gasteiger charge is -2.19. The SMILES string of the molecule is CCCCCc1cc(C(=O)Cc2cccc(-c3ccc4c(c3)OCCO4)c2C#N)c(=O)n(C)c1. The molecule has 0 atom stereocenters. The molecule has 34 heavy (non-hydrogen) atoms. The van der Waals surface area contributed by atoms with Crippen LogP contribution in [0.5, 0.6) is 11.5 Å². The highest BCUT2D eigenvalue weighted by molar-refractivity contribution is 5.98. The first-order chi connectivity index (χ1) is 16.5. The number of ketones is 1. The average Bonchev–Trinajstić information content (AvgIpc) is 2.85. The molecule has 0 saturated heterocycles. The molecule has 0 radical (unpaired) electrons. The molecular weight excluding hydrogens is 428 g/mol. The highest BCUT2D eigenvalue weighted by atomic mass is 16.6. The average molecular weight is 457 g/mol. The summed E-state index contributed by atoms with van der Waals surface area (Å²) >= 11 is 0. The lowest BCUT2D eigenvalue weighted by Crippen LogP contribution is -2.25. The molecule has 0 unspecified atom stereocenters. The van der Waals surface area contributed by atoms with Gasteiger partial charge in [-0.15, -0.1) is 0 Å². The Kier molecular flexibility index (Phi) is 7.12. The van der Waals surface area contributed by atoms with Gasteiger partial charge in [0, 0.05) is 19.7 Å². The minimum atomic E-state index is -0.314. The first-order valence-electron chi connectivity index (χ1n) is 11.7. The topological polar surface area (TPSA) is 81.3 Å². The number of rotatable bonds is 8. The van der Waals surface area contributed by atoms with E-state index in [1.165, 1.54) is 4.57 Å². The van der Waals surface area contributed by atoms with Crippen LogP contribution in [-0.4, -0.2) is 23.6 Å². The van der Waals surface area contributed by atoms with Gasteiger partial charge in [-0.25, -0.2) is 0 Å². The molecule has 6 heteroatoms. The third kappa shape index (κ3) is 4.89. The van der Waals surface area contributed by atoms with Gasteiger partial charge in [-0.05, 0) is 53.3 Å². The molecule has 1 aliphatic heterocycles. The maximum absolute atomic E-state index is 13.2. The predicted octanol–water partition coefficient (Wildman–Crippen LogP) is 4.85. The standard InChI is InChI=1S/C28H28N2O4/c1-3-4-5-7-19-14-23(28(32)30(2)18-19)25(31)15-20-8-6-9-22(24(20)17-29)21-10-11-26-27(16-21)34-13-12-33-26/h6,8-11,14,16,18H,3-5,7,12-13,15H2,1-2H3. The number of Topliss-reactive ketones (excluding diaryl/α,β-unsaturated/α-hetero) is 1. The van der Waals surface area contributed by atoms with E-state index in [0.717, 1.165) is 36.8 Å². The number of nitrogens with zero attached hydrogens (tertiary/aromatic N) is 2. The minimum absolute atomic E-state index is 0.0189. The number of hydrogen-bond acceptors (Lipinski definition) is 5. The fourth-order valence-corrected chi connectivity index (χ4v) is 4.30. The zero-order valence-corrected chi connectivity index (χ0v) is 19.6. The second-order valence-electron chi connectivity index (χ2n) is 8.55. The Hall–Kier alpha value is -3.85. The van der Waals surface area contributed by atoms with Gasteiger partial charge in [0.1, 0.15) is 19.3 Å². The normalized spacial score (nSPS) is 12.3. The highest BCUT2D eigenvalue weighted by Crippen LogP contribution is 2.36. The molecule has 0 N–H and O–H groups in total. The molecule has 6 nitrogen and oxygen atoms in total. The van der Waals surface area contributed by atoms with Gasteiger partial charge in [-0.1, -0.05) is 44.0 Å². The Morgan fingerprint density at radius 2 is 1.88 bits per heavy atom. The van der Waals surface area contributed by atoms with Crippen LogP contribution < -0.4 is 15.0 Å². The van der Waals surface area contributed by atoms with E-state index in [-0.39, 0.29) is 23.3 Å². The highest BCUT2D eigenvalue weighted by Gasteiger charge is 2.19. The Morgan fingerprint density at radius 3 is 2.65 bits per heavy atom. The molecule has 0 bridgehead atoms. The minimum Gasteiger partial charge on any atom is -0.486 e. The quantitative estimate of drug-likeness (QED) is 0.357. The van der Waals surface area contributed by atoms with Crippen LogP contribution in [0.2, 0.25) is 0 Å². The number of aryl methyl sites for hydroxylation is 2. The number of carbonyl (C=O) groups excluding carboxylic acids is 1. The zero-order chi connectivity index (χ0) is 24.1. The van der Waals surface area contributed by atoms with Crippen molar-refractivity contribution in [2.45, 2.75) is 39.0 Å². The predicted molar refractivity (Wildman–Crippen MR) is 131 cm³/mol. The summed E-state index contributed by atoms with van der Waals surface area (Å²) in [6.07, 6.45) is 5.83. The van der Waals surface area contributed by atoms with Crippen LogP contribution in [0.1, 0.15) is 53.2 Å². The van der Waals surface area contributed by atoms with Crippen molar-refractivity contribution in [2.24, 2.45) is 7.05 Å². The van der Waals surface area contributed by atoms with E-state index in [4.69, 9.17) is 9.47 Å². The van der Waals surface area contributed by atoms with Crippen molar-refractivity contribution in [1.82, 2.24) is 4.57 Å². The summed E-state index contributed by atoms with van der Waals surface area (Å²) < 4.78 is 12.8. The molecule has 174 valence electrons. The molecule has 0 spiro atoms. The van der Waals surface area contributed by atoms with Crippen LogP contribution in [0.25, 0.3) is 11.1 Å².